The number of carbonyl (C=O) groups is 1. The molecule has 2 unspecified atom stereocenters. The fourth-order valence-corrected chi connectivity index (χ4v) is 6.87. The minimum atomic E-state index is -3.91. The smallest absolute Gasteiger partial charge is 0.410 e. The van der Waals surface area contributed by atoms with Crippen molar-refractivity contribution in [2.24, 2.45) is 5.92 Å². The van der Waals surface area contributed by atoms with Crippen molar-refractivity contribution in [1.29, 1.82) is 0 Å². The van der Waals surface area contributed by atoms with E-state index in [1.807, 2.05) is 30.3 Å². The lowest BCUT2D eigenvalue weighted by molar-refractivity contribution is 0.0723. The number of ether oxygens (including phenoxy) is 1. The molecular formula is C24H24FN3O4S. The van der Waals surface area contributed by atoms with Crippen molar-refractivity contribution in [2.75, 3.05) is 19.6 Å². The molecule has 7 nitrogen and oxygen atoms in total. The lowest BCUT2D eigenvalue weighted by Crippen LogP contribution is -2.49. The number of piperidine rings is 1. The molecule has 2 aromatic carbocycles. The van der Waals surface area contributed by atoms with E-state index < -0.39 is 15.8 Å². The van der Waals surface area contributed by atoms with Gasteiger partial charge in [-0.05, 0) is 30.4 Å². The monoisotopic (exact) mass is 469 g/mol. The predicted octanol–water partition coefficient (Wildman–Crippen LogP) is 3.80. The highest BCUT2D eigenvalue weighted by Gasteiger charge is 2.45. The van der Waals surface area contributed by atoms with Crippen molar-refractivity contribution in [3.63, 3.8) is 0 Å². The topological polar surface area (TPSA) is 79.8 Å². The van der Waals surface area contributed by atoms with Crippen LogP contribution in [0, 0.1) is 11.7 Å². The molecule has 33 heavy (non-hydrogen) atoms. The molecule has 3 aromatic rings. The van der Waals surface area contributed by atoms with Crippen LogP contribution in [0.15, 0.2) is 65.8 Å². The van der Waals surface area contributed by atoms with Crippen LogP contribution in [-0.4, -0.2) is 54.4 Å². The van der Waals surface area contributed by atoms with Crippen molar-refractivity contribution in [2.45, 2.75) is 30.4 Å². The molecule has 0 radical (unpaired) electrons. The highest BCUT2D eigenvalue weighted by Crippen LogP contribution is 2.37. The van der Waals surface area contributed by atoms with Crippen LogP contribution in [-0.2, 0) is 21.4 Å². The highest BCUT2D eigenvalue weighted by molar-refractivity contribution is 7.89. The maximum absolute atomic E-state index is 14.5. The third-order valence-electron chi connectivity index (χ3n) is 6.53. The lowest BCUT2D eigenvalue weighted by Gasteiger charge is -2.37. The molecule has 2 fully saturated rings. The number of likely N-dealkylation sites (tertiary alicyclic amines) is 1. The van der Waals surface area contributed by atoms with E-state index in [1.54, 1.807) is 17.0 Å². The van der Waals surface area contributed by atoms with Gasteiger partial charge in [-0.25, -0.2) is 17.6 Å². The fraction of sp³-hybridized carbons (Fsp3) is 0.333. The van der Waals surface area contributed by atoms with Gasteiger partial charge in [0.05, 0.1) is 11.1 Å². The summed E-state index contributed by atoms with van der Waals surface area (Å²) in [6.07, 6.45) is 3.26. The summed E-state index contributed by atoms with van der Waals surface area (Å²) in [6.45, 7) is 1.40. The maximum atomic E-state index is 14.5. The van der Waals surface area contributed by atoms with Gasteiger partial charge < -0.3 is 9.64 Å². The summed E-state index contributed by atoms with van der Waals surface area (Å²) in [4.78, 5) is 18.0. The van der Waals surface area contributed by atoms with Crippen molar-refractivity contribution in [3.05, 3.63) is 72.3 Å². The number of hydrogen-bond acceptors (Lipinski definition) is 5. The minimum Gasteiger partial charge on any atom is -0.445 e. The maximum Gasteiger partial charge on any atom is 0.410 e. The number of aromatic nitrogens is 1. The van der Waals surface area contributed by atoms with E-state index in [4.69, 9.17) is 4.74 Å². The van der Waals surface area contributed by atoms with Gasteiger partial charge in [0.2, 0.25) is 10.0 Å². The van der Waals surface area contributed by atoms with Crippen LogP contribution in [0.2, 0.25) is 0 Å². The third-order valence-corrected chi connectivity index (χ3v) is 8.50. The van der Waals surface area contributed by atoms with Crippen molar-refractivity contribution in [3.8, 4) is 0 Å². The summed E-state index contributed by atoms with van der Waals surface area (Å²) in [5.41, 5.74) is 0.913. The number of pyridine rings is 1. The Kier molecular flexibility index (Phi) is 5.76. The van der Waals surface area contributed by atoms with Crippen LogP contribution in [0.1, 0.15) is 18.4 Å². The second-order valence-corrected chi connectivity index (χ2v) is 10.3. The number of rotatable bonds is 4. The normalized spacial score (nSPS) is 21.2. The molecule has 2 atom stereocenters. The van der Waals surface area contributed by atoms with Gasteiger partial charge in [0.1, 0.15) is 6.61 Å². The van der Waals surface area contributed by atoms with Crippen LogP contribution in [0.25, 0.3) is 10.8 Å². The van der Waals surface area contributed by atoms with Gasteiger partial charge >= 0.3 is 6.09 Å². The average molecular weight is 470 g/mol. The van der Waals surface area contributed by atoms with E-state index in [0.717, 1.165) is 11.8 Å². The van der Waals surface area contributed by atoms with Crippen molar-refractivity contribution >= 4 is 26.9 Å². The number of fused-ring (bicyclic) bond motifs is 2. The van der Waals surface area contributed by atoms with E-state index in [2.05, 4.69) is 4.98 Å². The molecule has 0 aliphatic carbocycles. The first-order valence-corrected chi connectivity index (χ1v) is 12.4. The first-order chi connectivity index (χ1) is 15.9. The van der Waals surface area contributed by atoms with E-state index in [1.165, 1.54) is 16.6 Å². The predicted molar refractivity (Wildman–Crippen MR) is 120 cm³/mol. The second-order valence-electron chi connectivity index (χ2n) is 8.48. The molecular weight excluding hydrogens is 445 g/mol. The zero-order chi connectivity index (χ0) is 23.0. The number of benzene rings is 2. The Morgan fingerprint density at radius 1 is 1.06 bits per heavy atom. The van der Waals surface area contributed by atoms with E-state index in [-0.39, 0.29) is 34.9 Å². The number of amides is 1. The number of nitrogens with zero attached hydrogens (tertiary/aromatic N) is 3. The standard InChI is InChI=1S/C24H24FN3O4S/c25-20-14-26-13-18-7-4-8-22(23(18)20)33(30,31)28-12-9-19-15-27(11-10-21(19)28)24(29)32-16-17-5-2-1-3-6-17/h1-8,13-14,19,21H,9-12,15-16H2. The fourth-order valence-electron chi connectivity index (χ4n) is 4.92. The van der Waals surface area contributed by atoms with Gasteiger partial charge in [0.15, 0.2) is 5.82 Å². The number of hydrogen-bond donors (Lipinski definition) is 0. The molecule has 2 saturated heterocycles. The largest absolute Gasteiger partial charge is 0.445 e. The summed E-state index contributed by atoms with van der Waals surface area (Å²) >= 11 is 0. The summed E-state index contributed by atoms with van der Waals surface area (Å²) in [5, 5.41) is 0.515. The van der Waals surface area contributed by atoms with Gasteiger partial charge in [0, 0.05) is 42.6 Å². The Morgan fingerprint density at radius 3 is 2.70 bits per heavy atom. The Labute approximate surface area is 191 Å². The minimum absolute atomic E-state index is 0.0132. The Balaban J connectivity index is 1.31. The van der Waals surface area contributed by atoms with E-state index >= 15 is 0 Å². The molecule has 2 aliphatic heterocycles. The van der Waals surface area contributed by atoms with Crippen molar-refractivity contribution < 1.29 is 22.3 Å². The van der Waals surface area contributed by atoms with E-state index in [0.29, 0.717) is 37.9 Å². The molecule has 1 amide bonds. The molecule has 0 spiro atoms. The van der Waals surface area contributed by atoms with Gasteiger partial charge in [-0.3, -0.25) is 4.98 Å². The highest BCUT2D eigenvalue weighted by atomic mass is 32.2. The molecule has 9 heteroatoms. The number of sulfonamides is 1. The molecule has 2 aliphatic rings. The number of carbonyl (C=O) groups excluding carboxylic acids is 1. The zero-order valence-corrected chi connectivity index (χ0v) is 18.7. The molecule has 172 valence electrons. The Bertz CT molecular complexity index is 1280. The second kappa shape index (κ2) is 8.72. The van der Waals surface area contributed by atoms with Gasteiger partial charge in [0.25, 0.3) is 0 Å². The van der Waals surface area contributed by atoms with Crippen molar-refractivity contribution in [1.82, 2.24) is 14.2 Å². The van der Waals surface area contributed by atoms with Crippen LogP contribution in [0.3, 0.4) is 0 Å². The Hall–Kier alpha value is -3.04. The third kappa shape index (κ3) is 4.06. The quantitative estimate of drug-likeness (QED) is 0.581. The molecule has 0 bridgehead atoms. The molecule has 0 N–H and O–H groups in total. The SMILES string of the molecule is O=C(OCc1ccccc1)N1CCC2C(CCN2S(=O)(=O)c2cccc3cncc(F)c23)C1. The summed E-state index contributed by atoms with van der Waals surface area (Å²) in [7, 11) is -3.91. The van der Waals surface area contributed by atoms with Crippen LogP contribution in [0.4, 0.5) is 9.18 Å². The lowest BCUT2D eigenvalue weighted by atomic mass is 9.94. The molecule has 1 aromatic heterocycles. The van der Waals surface area contributed by atoms with E-state index in [9.17, 15) is 17.6 Å². The number of halogens is 1. The van der Waals surface area contributed by atoms with Gasteiger partial charge in [-0.15, -0.1) is 0 Å². The first-order valence-electron chi connectivity index (χ1n) is 10.9. The average Bonchev–Trinajstić information content (AvgIpc) is 3.27. The molecule has 0 saturated carbocycles. The van der Waals surface area contributed by atoms with Gasteiger partial charge in [-0.1, -0.05) is 42.5 Å². The van der Waals surface area contributed by atoms with Crippen LogP contribution >= 0.6 is 0 Å². The summed E-state index contributed by atoms with van der Waals surface area (Å²) in [6, 6.07) is 13.9. The Morgan fingerprint density at radius 2 is 1.88 bits per heavy atom. The summed E-state index contributed by atoms with van der Waals surface area (Å²) in [5.74, 6) is -0.641. The molecule has 3 heterocycles. The van der Waals surface area contributed by atoms with Crippen LogP contribution < -0.4 is 0 Å². The zero-order valence-electron chi connectivity index (χ0n) is 17.9. The molecule has 5 rings (SSSR count). The summed E-state index contributed by atoms with van der Waals surface area (Å²) < 4.78 is 48.6. The first kappa shape index (κ1) is 21.8. The van der Waals surface area contributed by atoms with Crippen LogP contribution in [0.5, 0.6) is 0 Å². The van der Waals surface area contributed by atoms with Gasteiger partial charge in [-0.2, -0.15) is 4.31 Å².